The van der Waals surface area contributed by atoms with Crippen LogP contribution in [0.2, 0.25) is 0 Å². The zero-order chi connectivity index (χ0) is 13.9. The van der Waals surface area contributed by atoms with Gasteiger partial charge in [0.15, 0.2) is 0 Å². The fourth-order valence-electron chi connectivity index (χ4n) is 3.15. The van der Waals surface area contributed by atoms with E-state index in [0.29, 0.717) is 12.5 Å². The van der Waals surface area contributed by atoms with E-state index in [9.17, 15) is 4.79 Å². The molecule has 1 aliphatic rings. The van der Waals surface area contributed by atoms with Gasteiger partial charge in [0.05, 0.1) is 5.41 Å². The van der Waals surface area contributed by atoms with Crippen LogP contribution in [0.5, 0.6) is 0 Å². The smallest absolute Gasteiger partial charge is 0.233 e. The summed E-state index contributed by atoms with van der Waals surface area (Å²) in [7, 11) is 0. The third kappa shape index (κ3) is 2.39. The lowest BCUT2D eigenvalue weighted by Crippen LogP contribution is -2.40. The van der Waals surface area contributed by atoms with Gasteiger partial charge in [-0.15, -0.1) is 0 Å². The van der Waals surface area contributed by atoms with Gasteiger partial charge < -0.3 is 10.6 Å². The summed E-state index contributed by atoms with van der Waals surface area (Å²) in [6.07, 6.45) is 1.88. The van der Waals surface area contributed by atoms with Gasteiger partial charge in [-0.3, -0.25) is 4.79 Å². The molecule has 1 aromatic carbocycles. The van der Waals surface area contributed by atoms with Gasteiger partial charge in [-0.1, -0.05) is 30.3 Å². The van der Waals surface area contributed by atoms with E-state index in [2.05, 4.69) is 12.1 Å². The van der Waals surface area contributed by atoms with Crippen LogP contribution in [0.3, 0.4) is 0 Å². The first-order valence-corrected chi connectivity index (χ1v) is 7.25. The van der Waals surface area contributed by atoms with Crippen molar-refractivity contribution < 1.29 is 4.79 Å². The molecule has 1 saturated carbocycles. The van der Waals surface area contributed by atoms with Crippen LogP contribution in [-0.4, -0.2) is 30.4 Å². The molecule has 3 heteroatoms. The average Bonchev–Trinajstić information content (AvgIpc) is 3.17. The number of carbonyl (C=O) groups excluding carboxylic acids is 1. The van der Waals surface area contributed by atoms with Crippen molar-refractivity contribution in [2.45, 2.75) is 32.1 Å². The molecule has 2 N–H and O–H groups in total. The van der Waals surface area contributed by atoms with Crippen LogP contribution in [-0.2, 0) is 10.2 Å². The molecule has 0 aromatic heterocycles. The first-order valence-electron chi connectivity index (χ1n) is 7.25. The minimum Gasteiger partial charge on any atom is -0.342 e. The van der Waals surface area contributed by atoms with E-state index in [-0.39, 0.29) is 11.3 Å². The highest BCUT2D eigenvalue weighted by Crippen LogP contribution is 2.57. The van der Waals surface area contributed by atoms with E-state index < -0.39 is 0 Å². The lowest BCUT2D eigenvalue weighted by molar-refractivity contribution is -0.134. The minimum absolute atomic E-state index is 0.280. The summed E-state index contributed by atoms with van der Waals surface area (Å²) in [5.41, 5.74) is 6.54. The van der Waals surface area contributed by atoms with Crippen LogP contribution in [0.15, 0.2) is 30.3 Å². The van der Waals surface area contributed by atoms with Gasteiger partial charge >= 0.3 is 0 Å². The SMILES string of the molecule is CCN(CC)C(=O)C1(c2ccccc2)CC1CCN. The molecule has 0 aliphatic heterocycles. The lowest BCUT2D eigenvalue weighted by atomic mass is 9.90. The molecule has 0 spiro atoms. The second-order valence-corrected chi connectivity index (χ2v) is 5.29. The second kappa shape index (κ2) is 5.74. The largest absolute Gasteiger partial charge is 0.342 e. The minimum atomic E-state index is -0.299. The Labute approximate surface area is 115 Å². The van der Waals surface area contributed by atoms with Gasteiger partial charge in [-0.2, -0.15) is 0 Å². The Balaban J connectivity index is 2.30. The Morgan fingerprint density at radius 2 is 1.95 bits per heavy atom. The standard InChI is InChI=1S/C16H24N2O/c1-3-18(4-2)15(19)16(12-14(16)10-11-17)13-8-6-5-7-9-13/h5-9,14H,3-4,10-12,17H2,1-2H3. The zero-order valence-corrected chi connectivity index (χ0v) is 11.9. The lowest BCUT2D eigenvalue weighted by Gasteiger charge is -2.26. The average molecular weight is 260 g/mol. The Bertz CT molecular complexity index is 428. The molecule has 1 aromatic rings. The maximum absolute atomic E-state index is 12.9. The van der Waals surface area contributed by atoms with Crippen LogP contribution in [0.25, 0.3) is 0 Å². The molecule has 1 fully saturated rings. The van der Waals surface area contributed by atoms with Crippen molar-refractivity contribution in [3.8, 4) is 0 Å². The first-order chi connectivity index (χ1) is 9.20. The van der Waals surface area contributed by atoms with Crippen molar-refractivity contribution in [1.29, 1.82) is 0 Å². The second-order valence-electron chi connectivity index (χ2n) is 5.29. The molecule has 0 bridgehead atoms. The molecule has 2 atom stereocenters. The monoisotopic (exact) mass is 260 g/mol. The summed E-state index contributed by atoms with van der Waals surface area (Å²) in [6.45, 7) is 6.30. The fourth-order valence-corrected chi connectivity index (χ4v) is 3.15. The molecular formula is C16H24N2O. The number of amides is 1. The molecular weight excluding hydrogens is 236 g/mol. The highest BCUT2D eigenvalue weighted by atomic mass is 16.2. The molecule has 19 heavy (non-hydrogen) atoms. The van der Waals surface area contributed by atoms with E-state index in [1.165, 1.54) is 0 Å². The van der Waals surface area contributed by atoms with Crippen molar-refractivity contribution in [3.63, 3.8) is 0 Å². The van der Waals surface area contributed by atoms with Gasteiger partial charge in [-0.05, 0) is 44.7 Å². The molecule has 0 saturated heterocycles. The summed E-state index contributed by atoms with van der Waals surface area (Å²) < 4.78 is 0. The topological polar surface area (TPSA) is 46.3 Å². The maximum atomic E-state index is 12.9. The molecule has 2 rings (SSSR count). The first kappa shape index (κ1) is 14.1. The number of likely N-dealkylation sites (N-methyl/N-ethyl adjacent to an activating group) is 1. The highest BCUT2D eigenvalue weighted by molar-refractivity contribution is 5.92. The van der Waals surface area contributed by atoms with E-state index in [0.717, 1.165) is 31.5 Å². The van der Waals surface area contributed by atoms with Crippen molar-refractivity contribution in [2.75, 3.05) is 19.6 Å². The van der Waals surface area contributed by atoms with Crippen molar-refractivity contribution >= 4 is 5.91 Å². The molecule has 1 amide bonds. The van der Waals surface area contributed by atoms with Crippen LogP contribution in [0.1, 0.15) is 32.3 Å². The van der Waals surface area contributed by atoms with Gasteiger partial charge in [0.2, 0.25) is 5.91 Å². The van der Waals surface area contributed by atoms with Gasteiger partial charge in [-0.25, -0.2) is 0 Å². The Morgan fingerprint density at radius 3 is 2.47 bits per heavy atom. The number of carbonyl (C=O) groups is 1. The van der Waals surface area contributed by atoms with Crippen LogP contribution in [0.4, 0.5) is 0 Å². The fraction of sp³-hybridized carbons (Fsp3) is 0.562. The normalized spacial score (nSPS) is 25.1. The number of nitrogens with two attached hydrogens (primary N) is 1. The molecule has 3 nitrogen and oxygen atoms in total. The molecule has 2 unspecified atom stereocenters. The van der Waals surface area contributed by atoms with E-state index in [4.69, 9.17) is 5.73 Å². The van der Waals surface area contributed by atoms with Gasteiger partial charge in [0.1, 0.15) is 0 Å². The summed E-state index contributed by atoms with van der Waals surface area (Å²) >= 11 is 0. The molecule has 0 radical (unpaired) electrons. The van der Waals surface area contributed by atoms with E-state index in [1.54, 1.807) is 0 Å². The molecule has 104 valence electrons. The van der Waals surface area contributed by atoms with Crippen molar-refractivity contribution in [3.05, 3.63) is 35.9 Å². The van der Waals surface area contributed by atoms with Crippen LogP contribution in [0, 0.1) is 5.92 Å². The van der Waals surface area contributed by atoms with Crippen molar-refractivity contribution in [1.82, 2.24) is 4.90 Å². The number of hydrogen-bond donors (Lipinski definition) is 1. The third-order valence-electron chi connectivity index (χ3n) is 4.34. The predicted molar refractivity (Wildman–Crippen MR) is 77.8 cm³/mol. The van der Waals surface area contributed by atoms with Crippen molar-refractivity contribution in [2.24, 2.45) is 11.7 Å². The predicted octanol–water partition coefficient (Wildman–Crippen LogP) is 2.16. The van der Waals surface area contributed by atoms with Gasteiger partial charge in [0, 0.05) is 13.1 Å². The Hall–Kier alpha value is -1.35. The number of nitrogens with zero attached hydrogens (tertiary/aromatic N) is 1. The summed E-state index contributed by atoms with van der Waals surface area (Å²) in [6, 6.07) is 10.2. The van der Waals surface area contributed by atoms with E-state index >= 15 is 0 Å². The van der Waals surface area contributed by atoms with E-state index in [1.807, 2.05) is 36.9 Å². The molecule has 1 aliphatic carbocycles. The van der Waals surface area contributed by atoms with Crippen LogP contribution < -0.4 is 5.73 Å². The zero-order valence-electron chi connectivity index (χ0n) is 11.9. The number of hydrogen-bond acceptors (Lipinski definition) is 2. The summed E-state index contributed by atoms with van der Waals surface area (Å²) in [5, 5.41) is 0. The van der Waals surface area contributed by atoms with Crippen LogP contribution >= 0.6 is 0 Å². The Morgan fingerprint density at radius 1 is 1.32 bits per heavy atom. The summed E-state index contributed by atoms with van der Waals surface area (Å²) in [5.74, 6) is 0.690. The highest BCUT2D eigenvalue weighted by Gasteiger charge is 2.61. The number of rotatable bonds is 6. The number of benzene rings is 1. The third-order valence-corrected chi connectivity index (χ3v) is 4.34. The Kier molecular flexibility index (Phi) is 4.25. The quantitative estimate of drug-likeness (QED) is 0.852. The summed E-state index contributed by atoms with van der Waals surface area (Å²) in [4.78, 5) is 14.8. The molecule has 0 heterocycles. The van der Waals surface area contributed by atoms with Gasteiger partial charge in [0.25, 0.3) is 0 Å². The maximum Gasteiger partial charge on any atom is 0.233 e.